The number of hydrogen-bond donors (Lipinski definition) is 1. The van der Waals surface area contributed by atoms with Crippen LogP contribution in [0.1, 0.15) is 60.9 Å². The fourth-order valence-corrected chi connectivity index (χ4v) is 4.35. The summed E-state index contributed by atoms with van der Waals surface area (Å²) in [5, 5.41) is 11.1. The van der Waals surface area contributed by atoms with Crippen molar-refractivity contribution in [3.8, 4) is 0 Å². The Morgan fingerprint density at radius 3 is 2.35 bits per heavy atom. The Hall–Kier alpha value is -2.92. The zero-order valence-corrected chi connectivity index (χ0v) is 18.3. The summed E-state index contributed by atoms with van der Waals surface area (Å²) >= 11 is 0. The number of rotatable bonds is 5. The molecule has 0 saturated carbocycles. The molecule has 2 unspecified atom stereocenters. The molecule has 0 aliphatic carbocycles. The second kappa shape index (κ2) is 8.67. The number of aliphatic hydroxyl groups is 1. The third-order valence-electron chi connectivity index (χ3n) is 6.21. The van der Waals surface area contributed by atoms with Crippen LogP contribution in [0.4, 0.5) is 0 Å². The summed E-state index contributed by atoms with van der Waals surface area (Å²) in [6.45, 7) is 7.21. The van der Waals surface area contributed by atoms with Crippen LogP contribution >= 0.6 is 0 Å². The number of hydrogen-bond acceptors (Lipinski definition) is 4. The van der Waals surface area contributed by atoms with Gasteiger partial charge in [-0.25, -0.2) is 0 Å². The summed E-state index contributed by atoms with van der Waals surface area (Å²) in [6, 6.07) is 14.6. The highest BCUT2D eigenvalue weighted by Crippen LogP contribution is 2.40. The quantitative estimate of drug-likeness (QED) is 0.433. The van der Waals surface area contributed by atoms with Crippen molar-refractivity contribution in [2.75, 3.05) is 13.2 Å². The molecule has 0 radical (unpaired) electrons. The van der Waals surface area contributed by atoms with Crippen LogP contribution in [0, 0.1) is 6.92 Å². The van der Waals surface area contributed by atoms with Crippen LogP contribution < -0.4 is 0 Å². The number of benzene rings is 2. The Labute approximate surface area is 183 Å². The van der Waals surface area contributed by atoms with Gasteiger partial charge in [-0.15, -0.1) is 0 Å². The van der Waals surface area contributed by atoms with E-state index in [1.165, 1.54) is 5.56 Å². The highest BCUT2D eigenvalue weighted by atomic mass is 16.5. The Bertz CT molecular complexity index is 999. The fraction of sp³-hybridized carbons (Fsp3) is 0.385. The standard InChI is InChI=1S/C26H29NO4/c1-16(2)18-10-12-19(13-11-18)23-22(24(28)20-8-6-17(3)7-9-20)25(29)26(30)27(23)15-21-5-4-14-31-21/h6-13,16,21,23,28H,4-5,14-15H2,1-3H3/b24-22+. The predicted molar refractivity (Wildman–Crippen MR) is 120 cm³/mol. The molecule has 31 heavy (non-hydrogen) atoms. The zero-order chi connectivity index (χ0) is 22.1. The largest absolute Gasteiger partial charge is 0.507 e. The zero-order valence-electron chi connectivity index (χ0n) is 18.3. The average Bonchev–Trinajstić information content (AvgIpc) is 3.36. The lowest BCUT2D eigenvalue weighted by molar-refractivity contribution is -0.140. The predicted octanol–water partition coefficient (Wildman–Crippen LogP) is 4.72. The van der Waals surface area contributed by atoms with E-state index in [0.717, 1.165) is 24.0 Å². The molecule has 2 heterocycles. The SMILES string of the molecule is Cc1ccc(/C(O)=C2\C(=O)C(=O)N(CC3CCCO3)C2c2ccc(C(C)C)cc2)cc1. The van der Waals surface area contributed by atoms with Crippen molar-refractivity contribution in [3.05, 3.63) is 76.4 Å². The molecule has 1 N–H and O–H groups in total. The molecule has 2 aliphatic heterocycles. The highest BCUT2D eigenvalue weighted by molar-refractivity contribution is 6.46. The maximum absolute atomic E-state index is 13.1. The summed E-state index contributed by atoms with van der Waals surface area (Å²) in [4.78, 5) is 27.7. The number of Topliss-reactive ketones (excluding diaryl/α,β-unsaturated/α-hetero) is 1. The van der Waals surface area contributed by atoms with Crippen molar-refractivity contribution >= 4 is 17.4 Å². The van der Waals surface area contributed by atoms with E-state index in [1.54, 1.807) is 17.0 Å². The number of ketones is 1. The molecule has 2 atom stereocenters. The van der Waals surface area contributed by atoms with Gasteiger partial charge in [-0.1, -0.05) is 67.9 Å². The Balaban J connectivity index is 1.80. The number of likely N-dealkylation sites (tertiary alicyclic amines) is 1. The molecule has 1 amide bonds. The smallest absolute Gasteiger partial charge is 0.295 e. The molecule has 4 rings (SSSR count). The first-order chi connectivity index (χ1) is 14.9. The van der Waals surface area contributed by atoms with Crippen LogP contribution in [0.25, 0.3) is 5.76 Å². The maximum atomic E-state index is 13.1. The molecule has 0 spiro atoms. The third kappa shape index (κ3) is 4.15. The first-order valence-corrected chi connectivity index (χ1v) is 10.9. The van der Waals surface area contributed by atoms with Gasteiger partial charge in [-0.3, -0.25) is 9.59 Å². The van der Waals surface area contributed by atoms with Gasteiger partial charge < -0.3 is 14.7 Å². The number of aliphatic hydroxyl groups excluding tert-OH is 1. The number of nitrogens with zero attached hydrogens (tertiary/aromatic N) is 1. The van der Waals surface area contributed by atoms with Crippen LogP contribution in [-0.2, 0) is 14.3 Å². The maximum Gasteiger partial charge on any atom is 0.295 e. The van der Waals surface area contributed by atoms with E-state index in [9.17, 15) is 14.7 Å². The number of amides is 1. The van der Waals surface area contributed by atoms with Crippen molar-refractivity contribution in [1.29, 1.82) is 0 Å². The topological polar surface area (TPSA) is 66.8 Å². The number of carbonyl (C=O) groups excluding carboxylic acids is 2. The third-order valence-corrected chi connectivity index (χ3v) is 6.21. The lowest BCUT2D eigenvalue weighted by atomic mass is 9.93. The van der Waals surface area contributed by atoms with E-state index in [-0.39, 0.29) is 17.4 Å². The Morgan fingerprint density at radius 2 is 1.77 bits per heavy atom. The van der Waals surface area contributed by atoms with Gasteiger partial charge >= 0.3 is 0 Å². The molecule has 0 aromatic heterocycles. The molecule has 5 nitrogen and oxygen atoms in total. The van der Waals surface area contributed by atoms with Crippen molar-refractivity contribution in [3.63, 3.8) is 0 Å². The van der Waals surface area contributed by atoms with Gasteiger partial charge in [0.2, 0.25) is 0 Å². The normalized spacial score (nSPS) is 23.2. The Morgan fingerprint density at radius 1 is 1.10 bits per heavy atom. The second-order valence-electron chi connectivity index (χ2n) is 8.77. The molecule has 2 aromatic carbocycles. The molecule has 2 aromatic rings. The first-order valence-electron chi connectivity index (χ1n) is 10.9. The van der Waals surface area contributed by atoms with E-state index in [2.05, 4.69) is 13.8 Å². The van der Waals surface area contributed by atoms with Gasteiger partial charge in [0.05, 0.1) is 17.7 Å². The van der Waals surface area contributed by atoms with E-state index in [4.69, 9.17) is 4.74 Å². The lowest BCUT2D eigenvalue weighted by Gasteiger charge is -2.27. The minimum absolute atomic E-state index is 0.0879. The Kier molecular flexibility index (Phi) is 5.96. The minimum atomic E-state index is -0.644. The summed E-state index contributed by atoms with van der Waals surface area (Å²) in [6.07, 6.45) is 1.72. The number of ether oxygens (including phenoxy) is 1. The highest BCUT2D eigenvalue weighted by Gasteiger charge is 2.47. The molecule has 5 heteroatoms. The van der Waals surface area contributed by atoms with Crippen LogP contribution in [0.15, 0.2) is 54.1 Å². The van der Waals surface area contributed by atoms with Gasteiger partial charge in [0.25, 0.3) is 11.7 Å². The van der Waals surface area contributed by atoms with E-state index in [1.807, 2.05) is 43.3 Å². The van der Waals surface area contributed by atoms with Crippen molar-refractivity contribution in [2.24, 2.45) is 0 Å². The van der Waals surface area contributed by atoms with Crippen LogP contribution in [-0.4, -0.2) is 41.0 Å². The van der Waals surface area contributed by atoms with Gasteiger partial charge in [-0.2, -0.15) is 0 Å². The van der Waals surface area contributed by atoms with Gasteiger partial charge in [0, 0.05) is 18.7 Å². The monoisotopic (exact) mass is 419 g/mol. The van der Waals surface area contributed by atoms with Gasteiger partial charge in [0.1, 0.15) is 5.76 Å². The van der Waals surface area contributed by atoms with Crippen LogP contribution in [0.2, 0.25) is 0 Å². The fourth-order valence-electron chi connectivity index (χ4n) is 4.35. The molecule has 2 saturated heterocycles. The van der Waals surface area contributed by atoms with E-state index < -0.39 is 17.7 Å². The molecular weight excluding hydrogens is 390 g/mol. The van der Waals surface area contributed by atoms with Crippen LogP contribution in [0.5, 0.6) is 0 Å². The van der Waals surface area contributed by atoms with Crippen LogP contribution in [0.3, 0.4) is 0 Å². The number of aryl methyl sites for hydroxylation is 1. The van der Waals surface area contributed by atoms with Gasteiger partial charge in [0.15, 0.2) is 0 Å². The van der Waals surface area contributed by atoms with E-state index >= 15 is 0 Å². The molecule has 162 valence electrons. The van der Waals surface area contributed by atoms with Crippen molar-refractivity contribution in [1.82, 2.24) is 4.90 Å². The number of carbonyl (C=O) groups is 2. The molecular formula is C26H29NO4. The molecule has 0 bridgehead atoms. The van der Waals surface area contributed by atoms with E-state index in [0.29, 0.717) is 24.6 Å². The lowest BCUT2D eigenvalue weighted by Crippen LogP contribution is -2.36. The molecule has 2 aliphatic rings. The second-order valence-corrected chi connectivity index (χ2v) is 8.77. The van der Waals surface area contributed by atoms with Gasteiger partial charge in [-0.05, 0) is 36.8 Å². The van der Waals surface area contributed by atoms with Crippen molar-refractivity contribution in [2.45, 2.75) is 51.7 Å². The van der Waals surface area contributed by atoms with Crippen molar-refractivity contribution < 1.29 is 19.4 Å². The summed E-state index contributed by atoms with van der Waals surface area (Å²) in [7, 11) is 0. The summed E-state index contributed by atoms with van der Waals surface area (Å²) in [5.41, 5.74) is 3.72. The summed E-state index contributed by atoms with van der Waals surface area (Å²) < 4.78 is 5.74. The minimum Gasteiger partial charge on any atom is -0.507 e. The molecule has 2 fully saturated rings. The first kappa shape index (κ1) is 21.3. The average molecular weight is 420 g/mol. The summed E-state index contributed by atoms with van der Waals surface area (Å²) in [5.74, 6) is -0.984.